The molecule has 2 aliphatic rings. The number of hydrogen-bond acceptors (Lipinski definition) is 3. The third-order valence-corrected chi connectivity index (χ3v) is 7.06. The van der Waals surface area contributed by atoms with Crippen molar-refractivity contribution in [1.82, 2.24) is 9.55 Å². The minimum absolute atomic E-state index is 0.0468. The SMILES string of the molecule is C=C1OCc2c(cc3n(c2=O)Cc2c-3nc3cccc(C)c3c2CC)[C@@]1(C)CC. The second kappa shape index (κ2) is 6.06. The molecule has 29 heavy (non-hydrogen) atoms. The molecule has 0 unspecified atom stereocenters. The first-order valence-electron chi connectivity index (χ1n) is 10.4. The number of rotatable bonds is 2. The number of allylic oxidation sites excluding steroid dienone is 1. The van der Waals surface area contributed by atoms with E-state index in [0.717, 1.165) is 46.6 Å². The Morgan fingerprint density at radius 2 is 2.07 bits per heavy atom. The molecule has 0 saturated carbocycles. The fourth-order valence-corrected chi connectivity index (χ4v) is 5.08. The Bertz CT molecular complexity index is 1270. The molecule has 0 amide bonds. The summed E-state index contributed by atoms with van der Waals surface area (Å²) in [7, 11) is 0. The molecule has 0 aliphatic carbocycles. The molecule has 2 aliphatic heterocycles. The van der Waals surface area contributed by atoms with Crippen molar-refractivity contribution in [2.45, 2.75) is 59.1 Å². The Morgan fingerprint density at radius 3 is 2.79 bits per heavy atom. The molecule has 5 rings (SSSR count). The van der Waals surface area contributed by atoms with Crippen molar-refractivity contribution < 1.29 is 4.74 Å². The van der Waals surface area contributed by atoms with E-state index >= 15 is 0 Å². The highest BCUT2D eigenvalue weighted by molar-refractivity contribution is 5.90. The highest BCUT2D eigenvalue weighted by Crippen LogP contribution is 2.44. The number of nitrogens with zero attached hydrogens (tertiary/aromatic N) is 2. The Kier molecular flexibility index (Phi) is 3.79. The summed E-state index contributed by atoms with van der Waals surface area (Å²) in [5.41, 5.74) is 8.12. The molecule has 0 saturated heterocycles. The van der Waals surface area contributed by atoms with Crippen molar-refractivity contribution in [2.24, 2.45) is 0 Å². The third-order valence-electron chi connectivity index (χ3n) is 7.06. The summed E-state index contributed by atoms with van der Waals surface area (Å²) >= 11 is 0. The van der Waals surface area contributed by atoms with Gasteiger partial charge >= 0.3 is 0 Å². The molecule has 3 aromatic rings. The molecule has 0 radical (unpaired) electrons. The molecule has 4 heteroatoms. The lowest BCUT2D eigenvalue weighted by molar-refractivity contribution is 0.132. The molecular weight excluding hydrogens is 360 g/mol. The summed E-state index contributed by atoms with van der Waals surface area (Å²) < 4.78 is 7.72. The number of benzene rings is 1. The molecule has 148 valence electrons. The zero-order chi connectivity index (χ0) is 20.5. The third kappa shape index (κ3) is 2.26. The minimum atomic E-state index is -0.355. The van der Waals surface area contributed by atoms with Gasteiger partial charge < -0.3 is 9.30 Å². The van der Waals surface area contributed by atoms with Crippen molar-refractivity contribution in [2.75, 3.05) is 0 Å². The van der Waals surface area contributed by atoms with Gasteiger partial charge in [0.1, 0.15) is 6.61 Å². The predicted octanol–water partition coefficient (Wildman–Crippen LogP) is 5.01. The van der Waals surface area contributed by atoms with E-state index in [9.17, 15) is 4.79 Å². The Balaban J connectivity index is 1.85. The minimum Gasteiger partial charge on any atom is -0.493 e. The van der Waals surface area contributed by atoms with Crippen LogP contribution in [0.3, 0.4) is 0 Å². The summed E-state index contributed by atoms with van der Waals surface area (Å²) in [5.74, 6) is 0.742. The summed E-state index contributed by atoms with van der Waals surface area (Å²) in [6, 6.07) is 8.44. The van der Waals surface area contributed by atoms with Gasteiger partial charge in [0.05, 0.1) is 34.8 Å². The smallest absolute Gasteiger partial charge is 0.258 e. The Morgan fingerprint density at radius 1 is 1.28 bits per heavy atom. The standard InChI is InChI=1S/C25H26N2O2/c1-6-16-17-12-27-21(23(17)26-20-10-8-9-14(3)22(16)20)11-19-18(24(27)28)13-29-15(4)25(19,5)7-2/h8-11H,4,6-7,12-13H2,1-3,5H3/t25-/m0/s1. The first-order valence-corrected chi connectivity index (χ1v) is 10.4. The fraction of sp³-hybridized carbons (Fsp3) is 0.360. The van der Waals surface area contributed by atoms with Crippen LogP contribution in [-0.4, -0.2) is 9.55 Å². The second-order valence-electron chi connectivity index (χ2n) is 8.45. The van der Waals surface area contributed by atoms with Gasteiger partial charge in [-0.05, 0) is 55.5 Å². The maximum Gasteiger partial charge on any atom is 0.258 e. The van der Waals surface area contributed by atoms with E-state index in [-0.39, 0.29) is 11.0 Å². The second-order valence-corrected chi connectivity index (χ2v) is 8.45. The molecule has 4 heterocycles. The molecule has 2 aromatic heterocycles. The van der Waals surface area contributed by atoms with Crippen LogP contribution >= 0.6 is 0 Å². The van der Waals surface area contributed by atoms with Crippen LogP contribution in [0.1, 0.15) is 55.0 Å². The number of pyridine rings is 2. The van der Waals surface area contributed by atoms with Crippen molar-refractivity contribution in [3.05, 3.63) is 74.8 Å². The van der Waals surface area contributed by atoms with Gasteiger partial charge in [0, 0.05) is 16.4 Å². The number of aromatic nitrogens is 2. The van der Waals surface area contributed by atoms with Gasteiger partial charge in [-0.25, -0.2) is 4.98 Å². The van der Waals surface area contributed by atoms with Crippen LogP contribution in [0, 0.1) is 6.92 Å². The van der Waals surface area contributed by atoms with Gasteiger partial charge in [-0.15, -0.1) is 0 Å². The van der Waals surface area contributed by atoms with Crippen LogP contribution in [0.15, 0.2) is 41.4 Å². The Hall–Kier alpha value is -2.88. The van der Waals surface area contributed by atoms with Crippen LogP contribution in [0.4, 0.5) is 0 Å². The van der Waals surface area contributed by atoms with Gasteiger partial charge in [0.25, 0.3) is 5.56 Å². The lowest BCUT2D eigenvalue weighted by atomic mass is 9.75. The van der Waals surface area contributed by atoms with E-state index in [2.05, 4.69) is 58.5 Å². The first kappa shape index (κ1) is 18.2. The van der Waals surface area contributed by atoms with Crippen molar-refractivity contribution in [3.8, 4) is 11.4 Å². The highest BCUT2D eigenvalue weighted by atomic mass is 16.5. The fourth-order valence-electron chi connectivity index (χ4n) is 5.08. The summed E-state index contributed by atoms with van der Waals surface area (Å²) in [4.78, 5) is 18.5. The van der Waals surface area contributed by atoms with Crippen molar-refractivity contribution in [3.63, 3.8) is 0 Å². The van der Waals surface area contributed by atoms with Gasteiger partial charge in [-0.3, -0.25) is 4.79 Å². The lowest BCUT2D eigenvalue weighted by Crippen LogP contribution is -2.37. The number of fused-ring (bicyclic) bond motifs is 5. The topological polar surface area (TPSA) is 44.1 Å². The maximum atomic E-state index is 13.5. The van der Waals surface area contributed by atoms with Gasteiger partial charge in [0.15, 0.2) is 0 Å². The quantitative estimate of drug-likeness (QED) is 0.486. The Labute approximate surface area is 170 Å². The zero-order valence-corrected chi connectivity index (χ0v) is 17.6. The molecule has 0 fully saturated rings. The molecule has 4 nitrogen and oxygen atoms in total. The largest absolute Gasteiger partial charge is 0.493 e. The highest BCUT2D eigenvalue weighted by Gasteiger charge is 2.39. The zero-order valence-electron chi connectivity index (χ0n) is 17.6. The van der Waals surface area contributed by atoms with Crippen LogP contribution in [-0.2, 0) is 29.7 Å². The summed E-state index contributed by atoms with van der Waals surface area (Å²) in [6.45, 7) is 13.6. The molecular formula is C25H26N2O2. The molecule has 0 N–H and O–H groups in total. The van der Waals surface area contributed by atoms with E-state index in [0.29, 0.717) is 13.2 Å². The molecule has 1 aromatic carbocycles. The van der Waals surface area contributed by atoms with Crippen LogP contribution in [0.25, 0.3) is 22.3 Å². The lowest BCUT2D eigenvalue weighted by Gasteiger charge is -2.37. The number of ether oxygens (including phenoxy) is 1. The van der Waals surface area contributed by atoms with Crippen molar-refractivity contribution >= 4 is 10.9 Å². The monoisotopic (exact) mass is 386 g/mol. The first-order chi connectivity index (χ1) is 13.9. The van der Waals surface area contributed by atoms with Gasteiger partial charge in [0.2, 0.25) is 0 Å². The van der Waals surface area contributed by atoms with E-state index in [4.69, 9.17) is 9.72 Å². The maximum absolute atomic E-state index is 13.5. The van der Waals surface area contributed by atoms with E-state index in [1.807, 2.05) is 4.57 Å². The van der Waals surface area contributed by atoms with Crippen molar-refractivity contribution in [1.29, 1.82) is 0 Å². The average Bonchev–Trinajstić information content (AvgIpc) is 3.08. The summed E-state index contributed by atoms with van der Waals surface area (Å²) in [5, 5.41) is 1.23. The number of aryl methyl sites for hydroxylation is 2. The molecule has 0 bridgehead atoms. The van der Waals surface area contributed by atoms with Crippen LogP contribution in [0.5, 0.6) is 0 Å². The predicted molar refractivity (Wildman–Crippen MR) is 116 cm³/mol. The molecule has 1 atom stereocenters. The normalized spacial score (nSPS) is 19.7. The van der Waals surface area contributed by atoms with E-state index in [1.165, 1.54) is 22.1 Å². The average molecular weight is 386 g/mol. The van der Waals surface area contributed by atoms with Crippen LogP contribution < -0.4 is 5.56 Å². The van der Waals surface area contributed by atoms with E-state index in [1.54, 1.807) is 0 Å². The van der Waals surface area contributed by atoms with Gasteiger partial charge in [-0.1, -0.05) is 32.6 Å². The van der Waals surface area contributed by atoms with Crippen LogP contribution in [0.2, 0.25) is 0 Å². The molecule has 0 spiro atoms. The number of hydrogen-bond donors (Lipinski definition) is 0. The summed E-state index contributed by atoms with van der Waals surface area (Å²) in [6.07, 6.45) is 1.75. The van der Waals surface area contributed by atoms with Gasteiger partial charge in [-0.2, -0.15) is 0 Å². The van der Waals surface area contributed by atoms with E-state index < -0.39 is 0 Å².